The first-order valence-corrected chi connectivity index (χ1v) is 7.96. The van der Waals surface area contributed by atoms with Crippen LogP contribution in [0.1, 0.15) is 24.2 Å². The second-order valence-corrected chi connectivity index (χ2v) is 5.81. The zero-order chi connectivity index (χ0) is 17.1. The highest BCUT2D eigenvalue weighted by Gasteiger charge is 2.27. The fourth-order valence-electron chi connectivity index (χ4n) is 2.77. The van der Waals surface area contributed by atoms with Crippen LogP contribution in [0, 0.1) is 0 Å². The minimum atomic E-state index is -0.380. The minimum Gasteiger partial charge on any atom is -0.490 e. The van der Waals surface area contributed by atoms with Gasteiger partial charge in [0.25, 0.3) is 0 Å². The summed E-state index contributed by atoms with van der Waals surface area (Å²) in [6.07, 6.45) is 0. The molecule has 2 aromatic carbocycles. The molecule has 1 aliphatic rings. The lowest BCUT2D eigenvalue weighted by atomic mass is 10.1. The van der Waals surface area contributed by atoms with Gasteiger partial charge >= 0.3 is 0 Å². The van der Waals surface area contributed by atoms with Gasteiger partial charge in [0.2, 0.25) is 5.91 Å². The molecule has 0 fully saturated rings. The highest BCUT2D eigenvalue weighted by atomic mass is 16.5. The third-order valence-electron chi connectivity index (χ3n) is 4.15. The molecule has 0 aliphatic carbocycles. The number of anilines is 2. The molecule has 0 saturated heterocycles. The Hall–Kier alpha value is -2.82. The van der Waals surface area contributed by atoms with Crippen LogP contribution in [-0.2, 0) is 4.79 Å². The predicted octanol–water partition coefficient (Wildman–Crippen LogP) is 3.12. The van der Waals surface area contributed by atoms with E-state index in [4.69, 9.17) is 4.74 Å². The van der Waals surface area contributed by atoms with Crippen LogP contribution < -0.4 is 15.0 Å². The molecule has 3 rings (SSSR count). The average Bonchev–Trinajstić information content (AvgIpc) is 2.60. The smallest absolute Gasteiger partial charge is 0.246 e. The standard InChI is InChI=1S/C19H20N2O3/c1-13(19(23)20-16-6-4-3-5-7-16)21-10-11-24-18-9-8-15(14(2)22)12-17(18)21/h3-9,12-13H,10-11H2,1-2H3,(H,20,23). The van der Waals surface area contributed by atoms with Crippen molar-refractivity contribution in [2.24, 2.45) is 0 Å². The number of Topliss-reactive ketones (excluding diaryl/α,β-unsaturated/α-hetero) is 1. The zero-order valence-corrected chi connectivity index (χ0v) is 13.8. The molecule has 1 amide bonds. The van der Waals surface area contributed by atoms with Crippen LogP contribution in [-0.4, -0.2) is 30.9 Å². The molecule has 1 N–H and O–H groups in total. The summed E-state index contributed by atoms with van der Waals surface area (Å²) in [4.78, 5) is 26.2. The summed E-state index contributed by atoms with van der Waals surface area (Å²) >= 11 is 0. The molecule has 0 aromatic heterocycles. The summed E-state index contributed by atoms with van der Waals surface area (Å²) in [5.74, 6) is 0.595. The van der Waals surface area contributed by atoms with Gasteiger partial charge in [0.1, 0.15) is 18.4 Å². The number of nitrogens with one attached hydrogen (secondary N) is 1. The summed E-state index contributed by atoms with van der Waals surface area (Å²) in [5.41, 5.74) is 2.16. The minimum absolute atomic E-state index is 0.00952. The van der Waals surface area contributed by atoms with Crippen LogP contribution >= 0.6 is 0 Å². The maximum atomic E-state index is 12.6. The number of amides is 1. The highest BCUT2D eigenvalue weighted by molar-refractivity contribution is 5.98. The molecule has 0 spiro atoms. The molecule has 0 radical (unpaired) electrons. The summed E-state index contributed by atoms with van der Waals surface area (Å²) in [6, 6.07) is 14.3. The molecule has 5 nitrogen and oxygen atoms in total. The second-order valence-electron chi connectivity index (χ2n) is 5.81. The molecule has 0 saturated carbocycles. The first-order chi connectivity index (χ1) is 11.6. The molecule has 124 valence electrons. The Labute approximate surface area is 141 Å². The van der Waals surface area contributed by atoms with E-state index in [2.05, 4.69) is 5.32 Å². The molecule has 1 heterocycles. The number of hydrogen-bond acceptors (Lipinski definition) is 4. The summed E-state index contributed by atoms with van der Waals surface area (Å²) in [6.45, 7) is 4.49. The largest absolute Gasteiger partial charge is 0.490 e. The molecule has 2 aromatic rings. The predicted molar refractivity (Wildman–Crippen MR) is 93.8 cm³/mol. The van der Waals surface area contributed by atoms with Crippen molar-refractivity contribution in [2.75, 3.05) is 23.4 Å². The summed E-state index contributed by atoms with van der Waals surface area (Å²) in [7, 11) is 0. The van der Waals surface area contributed by atoms with Gasteiger partial charge in [0, 0.05) is 11.3 Å². The normalized spacial score (nSPS) is 14.3. The maximum absolute atomic E-state index is 12.6. The van der Waals surface area contributed by atoms with Gasteiger partial charge in [-0.15, -0.1) is 0 Å². The number of hydrogen-bond donors (Lipinski definition) is 1. The van der Waals surface area contributed by atoms with Crippen LogP contribution in [0.4, 0.5) is 11.4 Å². The van der Waals surface area contributed by atoms with E-state index in [0.29, 0.717) is 24.5 Å². The Morgan fingerprint density at radius 2 is 1.92 bits per heavy atom. The molecule has 1 unspecified atom stereocenters. The summed E-state index contributed by atoms with van der Waals surface area (Å²) in [5, 5.41) is 2.92. The van der Waals surface area contributed by atoms with E-state index < -0.39 is 0 Å². The Morgan fingerprint density at radius 1 is 1.17 bits per heavy atom. The van der Waals surface area contributed by atoms with Crippen molar-refractivity contribution < 1.29 is 14.3 Å². The maximum Gasteiger partial charge on any atom is 0.246 e. The van der Waals surface area contributed by atoms with Gasteiger partial charge in [-0.05, 0) is 44.2 Å². The van der Waals surface area contributed by atoms with Gasteiger partial charge in [0.05, 0.1) is 12.2 Å². The quantitative estimate of drug-likeness (QED) is 0.878. The number of carbonyl (C=O) groups excluding carboxylic acids is 2. The lowest BCUT2D eigenvalue weighted by molar-refractivity contribution is -0.117. The van der Waals surface area contributed by atoms with Crippen LogP contribution in [0.3, 0.4) is 0 Å². The molecule has 1 aliphatic heterocycles. The lowest BCUT2D eigenvalue weighted by Gasteiger charge is -2.35. The first kappa shape index (κ1) is 16.1. The number of ether oxygens (including phenoxy) is 1. The average molecular weight is 324 g/mol. The Balaban J connectivity index is 1.83. The van der Waals surface area contributed by atoms with Crippen LogP contribution in [0.25, 0.3) is 0 Å². The van der Waals surface area contributed by atoms with Crippen molar-refractivity contribution in [3.8, 4) is 5.75 Å². The van der Waals surface area contributed by atoms with Crippen molar-refractivity contribution in [3.05, 3.63) is 54.1 Å². The van der Waals surface area contributed by atoms with E-state index in [1.807, 2.05) is 42.2 Å². The Morgan fingerprint density at radius 3 is 2.62 bits per heavy atom. The lowest BCUT2D eigenvalue weighted by Crippen LogP contribution is -2.46. The van der Waals surface area contributed by atoms with Crippen molar-refractivity contribution in [3.63, 3.8) is 0 Å². The molecular weight excluding hydrogens is 304 g/mol. The van der Waals surface area contributed by atoms with E-state index in [9.17, 15) is 9.59 Å². The fourth-order valence-corrected chi connectivity index (χ4v) is 2.77. The first-order valence-electron chi connectivity index (χ1n) is 7.96. The van der Waals surface area contributed by atoms with Crippen LogP contribution in [0.2, 0.25) is 0 Å². The van der Waals surface area contributed by atoms with Gasteiger partial charge in [0.15, 0.2) is 5.78 Å². The molecule has 24 heavy (non-hydrogen) atoms. The van der Waals surface area contributed by atoms with Gasteiger partial charge < -0.3 is 15.0 Å². The number of nitrogens with zero attached hydrogens (tertiary/aromatic N) is 1. The number of fused-ring (bicyclic) bond motifs is 1. The van der Waals surface area contributed by atoms with E-state index in [1.54, 1.807) is 18.2 Å². The van der Waals surface area contributed by atoms with E-state index in [1.165, 1.54) is 6.92 Å². The molecular formula is C19H20N2O3. The van der Waals surface area contributed by atoms with Gasteiger partial charge in [-0.2, -0.15) is 0 Å². The van der Waals surface area contributed by atoms with Crippen molar-refractivity contribution >= 4 is 23.1 Å². The number of carbonyl (C=O) groups is 2. The SMILES string of the molecule is CC(=O)c1ccc2c(c1)N(C(C)C(=O)Nc1ccccc1)CCO2. The number of benzene rings is 2. The second kappa shape index (κ2) is 6.74. The Bertz CT molecular complexity index is 758. The van der Waals surface area contributed by atoms with E-state index in [-0.39, 0.29) is 17.7 Å². The topological polar surface area (TPSA) is 58.6 Å². The third-order valence-corrected chi connectivity index (χ3v) is 4.15. The highest BCUT2D eigenvalue weighted by Crippen LogP contribution is 2.34. The third kappa shape index (κ3) is 3.25. The van der Waals surface area contributed by atoms with Crippen LogP contribution in [0.15, 0.2) is 48.5 Å². The summed E-state index contributed by atoms with van der Waals surface area (Å²) < 4.78 is 5.65. The van der Waals surface area contributed by atoms with E-state index >= 15 is 0 Å². The van der Waals surface area contributed by atoms with Crippen molar-refractivity contribution in [1.82, 2.24) is 0 Å². The van der Waals surface area contributed by atoms with Gasteiger partial charge in [-0.3, -0.25) is 9.59 Å². The number of ketones is 1. The van der Waals surface area contributed by atoms with Gasteiger partial charge in [-0.25, -0.2) is 0 Å². The van der Waals surface area contributed by atoms with Crippen molar-refractivity contribution in [2.45, 2.75) is 19.9 Å². The van der Waals surface area contributed by atoms with Gasteiger partial charge in [-0.1, -0.05) is 18.2 Å². The number of para-hydroxylation sites is 1. The van der Waals surface area contributed by atoms with Crippen molar-refractivity contribution in [1.29, 1.82) is 0 Å². The fraction of sp³-hybridized carbons (Fsp3) is 0.263. The monoisotopic (exact) mass is 324 g/mol. The molecule has 1 atom stereocenters. The van der Waals surface area contributed by atoms with E-state index in [0.717, 1.165) is 11.4 Å². The molecule has 0 bridgehead atoms. The van der Waals surface area contributed by atoms with Crippen LogP contribution in [0.5, 0.6) is 5.75 Å². The zero-order valence-electron chi connectivity index (χ0n) is 13.8. The Kier molecular flexibility index (Phi) is 4.51. The molecule has 5 heteroatoms. The number of rotatable bonds is 4.